The Kier molecular flexibility index (Phi) is 5.23. The molecule has 4 heterocycles. The van der Waals surface area contributed by atoms with Gasteiger partial charge in [-0.05, 0) is 37.6 Å². The number of nitrogens with one attached hydrogen (secondary N) is 1. The molecule has 3 aromatic heterocycles. The van der Waals surface area contributed by atoms with Gasteiger partial charge in [0.2, 0.25) is 5.91 Å². The number of nitrogens with zero attached hydrogens (tertiary/aromatic N) is 3. The van der Waals surface area contributed by atoms with Gasteiger partial charge in [0.25, 0.3) is 5.56 Å². The zero-order chi connectivity index (χ0) is 22.5. The Bertz CT molecular complexity index is 1430. The molecule has 1 aliphatic rings. The van der Waals surface area contributed by atoms with Crippen LogP contribution in [0.15, 0.2) is 41.5 Å². The minimum atomic E-state index is -0.332. The van der Waals surface area contributed by atoms with E-state index in [2.05, 4.69) is 24.1 Å². The SMILES string of the molecule is CC[C@]1(C)Cc2nc3sc4c(=O)n(CC(=O)Nc5cccc(Cl)c5)cnc4c3cc2CO1. The van der Waals surface area contributed by atoms with E-state index in [1.54, 1.807) is 24.3 Å². The molecule has 1 amide bonds. The zero-order valence-corrected chi connectivity index (χ0v) is 19.2. The lowest BCUT2D eigenvalue weighted by molar-refractivity contribution is -0.116. The van der Waals surface area contributed by atoms with Gasteiger partial charge in [0.1, 0.15) is 16.1 Å². The van der Waals surface area contributed by atoms with Crippen LogP contribution in [0.1, 0.15) is 31.5 Å². The first-order valence-corrected chi connectivity index (χ1v) is 11.5. The average molecular weight is 469 g/mol. The summed E-state index contributed by atoms with van der Waals surface area (Å²) >= 11 is 7.28. The van der Waals surface area contributed by atoms with E-state index in [1.807, 2.05) is 6.07 Å². The van der Waals surface area contributed by atoms with Crippen LogP contribution in [0.2, 0.25) is 5.02 Å². The maximum Gasteiger partial charge on any atom is 0.271 e. The van der Waals surface area contributed by atoms with Gasteiger partial charge in [0.15, 0.2) is 0 Å². The molecule has 9 heteroatoms. The third-order valence-electron chi connectivity index (χ3n) is 5.89. The monoisotopic (exact) mass is 468 g/mol. The van der Waals surface area contributed by atoms with E-state index in [9.17, 15) is 9.59 Å². The average Bonchev–Trinajstić information content (AvgIpc) is 3.12. The summed E-state index contributed by atoms with van der Waals surface area (Å²) in [5.74, 6) is -0.332. The van der Waals surface area contributed by atoms with Crippen LogP contribution in [0, 0.1) is 0 Å². The number of amides is 1. The van der Waals surface area contributed by atoms with Crippen LogP contribution in [0.25, 0.3) is 20.4 Å². The van der Waals surface area contributed by atoms with Crippen LogP contribution < -0.4 is 10.9 Å². The van der Waals surface area contributed by atoms with Crippen molar-refractivity contribution in [1.29, 1.82) is 0 Å². The summed E-state index contributed by atoms with van der Waals surface area (Å²) < 4.78 is 7.85. The van der Waals surface area contributed by atoms with Gasteiger partial charge in [-0.2, -0.15) is 0 Å². The number of benzene rings is 1. The van der Waals surface area contributed by atoms with E-state index in [1.165, 1.54) is 22.2 Å². The van der Waals surface area contributed by atoms with E-state index in [0.29, 0.717) is 27.5 Å². The second-order valence-corrected chi connectivity index (χ2v) is 9.67. The quantitative estimate of drug-likeness (QED) is 0.475. The molecule has 0 aliphatic carbocycles. The Morgan fingerprint density at radius 2 is 2.22 bits per heavy atom. The highest BCUT2D eigenvalue weighted by molar-refractivity contribution is 7.25. The number of carbonyl (C=O) groups is 1. The van der Waals surface area contributed by atoms with Crippen molar-refractivity contribution < 1.29 is 9.53 Å². The lowest BCUT2D eigenvalue weighted by atomic mass is 9.91. The first-order valence-electron chi connectivity index (χ1n) is 10.3. The first-order chi connectivity index (χ1) is 15.3. The van der Waals surface area contributed by atoms with E-state index in [4.69, 9.17) is 21.3 Å². The van der Waals surface area contributed by atoms with Crippen LogP contribution in [0.4, 0.5) is 5.69 Å². The molecule has 7 nitrogen and oxygen atoms in total. The number of hydrogen-bond donors (Lipinski definition) is 1. The molecule has 1 aromatic carbocycles. The first kappa shape index (κ1) is 21.1. The predicted molar refractivity (Wildman–Crippen MR) is 126 cm³/mol. The molecule has 1 atom stereocenters. The number of halogens is 1. The number of rotatable bonds is 4. The highest BCUT2D eigenvalue weighted by Gasteiger charge is 2.31. The van der Waals surface area contributed by atoms with Crippen LogP contribution in [0.3, 0.4) is 0 Å². The fourth-order valence-corrected chi connectivity index (χ4v) is 5.14. The molecular weight excluding hydrogens is 448 g/mol. The molecule has 4 aromatic rings. The minimum Gasteiger partial charge on any atom is -0.370 e. The highest BCUT2D eigenvalue weighted by atomic mass is 35.5. The summed E-state index contributed by atoms with van der Waals surface area (Å²) in [5, 5.41) is 4.12. The summed E-state index contributed by atoms with van der Waals surface area (Å²) in [6, 6.07) is 8.89. The number of pyridine rings is 1. The molecule has 0 fully saturated rings. The molecule has 5 rings (SSSR count). The van der Waals surface area contributed by atoms with Crippen molar-refractivity contribution in [2.75, 3.05) is 5.32 Å². The highest BCUT2D eigenvalue weighted by Crippen LogP contribution is 2.35. The topological polar surface area (TPSA) is 86.1 Å². The number of aromatic nitrogens is 3. The van der Waals surface area contributed by atoms with Gasteiger partial charge >= 0.3 is 0 Å². The van der Waals surface area contributed by atoms with Gasteiger partial charge < -0.3 is 10.1 Å². The third kappa shape index (κ3) is 3.79. The molecule has 0 unspecified atom stereocenters. The Morgan fingerprint density at radius 3 is 3.00 bits per heavy atom. The van der Waals surface area contributed by atoms with Gasteiger partial charge in [0.05, 0.1) is 29.7 Å². The Hall–Kier alpha value is -2.81. The molecule has 32 heavy (non-hydrogen) atoms. The van der Waals surface area contributed by atoms with E-state index < -0.39 is 0 Å². The number of thiophene rings is 1. The molecule has 1 N–H and O–H groups in total. The number of hydrogen-bond acceptors (Lipinski definition) is 6. The molecule has 0 saturated carbocycles. The van der Waals surface area contributed by atoms with Crippen LogP contribution in [-0.2, 0) is 29.1 Å². The number of anilines is 1. The van der Waals surface area contributed by atoms with Crippen molar-refractivity contribution in [3.05, 3.63) is 63.3 Å². The van der Waals surface area contributed by atoms with Crippen LogP contribution >= 0.6 is 22.9 Å². The van der Waals surface area contributed by atoms with Gasteiger partial charge in [-0.15, -0.1) is 11.3 Å². The number of fused-ring (bicyclic) bond motifs is 4. The van der Waals surface area contributed by atoms with Gasteiger partial charge in [-0.1, -0.05) is 24.6 Å². The van der Waals surface area contributed by atoms with Crippen molar-refractivity contribution in [3.63, 3.8) is 0 Å². The Morgan fingerprint density at radius 1 is 1.38 bits per heavy atom. The standard InChI is InChI=1S/C23H21ClN4O3S/c1-3-23(2)9-17-13(11-31-23)7-16-19-20(32-21(16)27-17)22(30)28(12-25-19)10-18(29)26-15-6-4-5-14(24)8-15/h4-8,12H,3,9-11H2,1-2H3,(H,26,29)/t23-/m1/s1. The Labute approximate surface area is 193 Å². The smallest absolute Gasteiger partial charge is 0.271 e. The van der Waals surface area contributed by atoms with Gasteiger partial charge in [-0.3, -0.25) is 14.2 Å². The van der Waals surface area contributed by atoms with Gasteiger partial charge in [0, 0.05) is 28.1 Å². The van der Waals surface area contributed by atoms with E-state index in [0.717, 1.165) is 34.3 Å². The normalized spacial score (nSPS) is 18.1. The van der Waals surface area contributed by atoms with Crippen LogP contribution in [0.5, 0.6) is 0 Å². The van der Waals surface area contributed by atoms with Gasteiger partial charge in [-0.25, -0.2) is 9.97 Å². The lowest BCUT2D eigenvalue weighted by Crippen LogP contribution is -2.35. The third-order valence-corrected chi connectivity index (χ3v) is 7.21. The van der Waals surface area contributed by atoms with Crippen LogP contribution in [-0.4, -0.2) is 26.0 Å². The molecule has 0 radical (unpaired) electrons. The summed E-state index contributed by atoms with van der Waals surface area (Å²) in [4.78, 5) is 35.7. The molecule has 164 valence electrons. The second kappa shape index (κ2) is 7.95. The number of carbonyl (C=O) groups excluding carboxylic acids is 1. The van der Waals surface area contributed by atoms with Crippen molar-refractivity contribution >= 4 is 55.0 Å². The summed E-state index contributed by atoms with van der Waals surface area (Å²) in [5.41, 5.74) is 2.76. The second-order valence-electron chi connectivity index (χ2n) is 8.23. The molecule has 1 aliphatic heterocycles. The lowest BCUT2D eigenvalue weighted by Gasteiger charge is -2.33. The fraction of sp³-hybridized carbons (Fsp3) is 0.304. The Balaban J connectivity index is 1.48. The minimum absolute atomic E-state index is 0.144. The molecular formula is C23H21ClN4O3S. The largest absolute Gasteiger partial charge is 0.370 e. The summed E-state index contributed by atoms with van der Waals surface area (Å²) in [6.45, 7) is 4.56. The van der Waals surface area contributed by atoms with Crippen molar-refractivity contribution in [3.8, 4) is 0 Å². The molecule has 0 saturated heterocycles. The predicted octanol–water partition coefficient (Wildman–Crippen LogP) is 4.54. The maximum absolute atomic E-state index is 13.1. The van der Waals surface area contributed by atoms with Crippen molar-refractivity contribution in [1.82, 2.24) is 14.5 Å². The van der Waals surface area contributed by atoms with E-state index in [-0.39, 0.29) is 23.6 Å². The number of ether oxygens (including phenoxy) is 1. The maximum atomic E-state index is 13.1. The zero-order valence-electron chi connectivity index (χ0n) is 17.6. The molecule has 0 bridgehead atoms. The summed E-state index contributed by atoms with van der Waals surface area (Å²) in [7, 11) is 0. The fourth-order valence-electron chi connectivity index (χ4n) is 3.87. The van der Waals surface area contributed by atoms with E-state index >= 15 is 0 Å². The van der Waals surface area contributed by atoms with Crippen molar-refractivity contribution in [2.45, 2.75) is 45.4 Å². The summed E-state index contributed by atoms with van der Waals surface area (Å²) in [6.07, 6.45) is 3.06. The molecule has 0 spiro atoms. The van der Waals surface area contributed by atoms with Crippen molar-refractivity contribution in [2.24, 2.45) is 0 Å².